The van der Waals surface area contributed by atoms with Gasteiger partial charge >= 0.3 is 0 Å². The van der Waals surface area contributed by atoms with Gasteiger partial charge in [-0.2, -0.15) is 0 Å². The number of ether oxygens (including phenoxy) is 1. The summed E-state index contributed by atoms with van der Waals surface area (Å²) < 4.78 is 5.40. The van der Waals surface area contributed by atoms with Gasteiger partial charge in [0.25, 0.3) is 0 Å². The van der Waals surface area contributed by atoms with Crippen molar-refractivity contribution in [2.75, 3.05) is 6.61 Å². The van der Waals surface area contributed by atoms with E-state index in [1.54, 1.807) is 0 Å². The van der Waals surface area contributed by atoms with E-state index in [4.69, 9.17) is 4.74 Å². The molecule has 1 aliphatic heterocycles. The number of nitrogens with zero attached hydrogens (tertiary/aromatic N) is 1. The standard InChI is InChI=1S/C12H15NO/c1-2-14-12-9-8-11(13-12)10-6-4-3-5-7-10/h3-7,11H,2,8-9H2,1H3. The van der Waals surface area contributed by atoms with Gasteiger partial charge in [0.05, 0.1) is 12.6 Å². The minimum absolute atomic E-state index is 0.317. The molecule has 0 spiro atoms. The van der Waals surface area contributed by atoms with Crippen molar-refractivity contribution in [3.8, 4) is 0 Å². The van der Waals surface area contributed by atoms with Crippen LogP contribution in [-0.2, 0) is 4.74 Å². The highest BCUT2D eigenvalue weighted by atomic mass is 16.5. The van der Waals surface area contributed by atoms with E-state index in [9.17, 15) is 0 Å². The van der Waals surface area contributed by atoms with E-state index in [0.717, 1.165) is 25.3 Å². The van der Waals surface area contributed by atoms with Gasteiger partial charge in [-0.15, -0.1) is 0 Å². The fourth-order valence-corrected chi connectivity index (χ4v) is 1.76. The average molecular weight is 189 g/mol. The lowest BCUT2D eigenvalue weighted by atomic mass is 10.1. The van der Waals surface area contributed by atoms with Gasteiger partial charge in [0, 0.05) is 6.42 Å². The first-order valence-electron chi connectivity index (χ1n) is 5.14. The van der Waals surface area contributed by atoms with Crippen LogP contribution in [0.15, 0.2) is 35.3 Å². The lowest BCUT2D eigenvalue weighted by molar-refractivity contribution is 0.321. The molecule has 1 atom stereocenters. The molecule has 1 aromatic rings. The number of hydrogen-bond donors (Lipinski definition) is 0. The molecule has 1 heterocycles. The van der Waals surface area contributed by atoms with Crippen LogP contribution in [0.4, 0.5) is 0 Å². The minimum atomic E-state index is 0.317. The molecule has 0 aromatic heterocycles. The molecule has 0 radical (unpaired) electrons. The third kappa shape index (κ3) is 1.95. The lowest BCUT2D eigenvalue weighted by Crippen LogP contribution is -1.98. The lowest BCUT2D eigenvalue weighted by Gasteiger charge is -2.04. The van der Waals surface area contributed by atoms with E-state index in [0.29, 0.717) is 6.04 Å². The summed E-state index contributed by atoms with van der Waals surface area (Å²) >= 11 is 0. The number of benzene rings is 1. The normalized spacial score (nSPS) is 20.6. The highest BCUT2D eigenvalue weighted by Gasteiger charge is 2.19. The summed E-state index contributed by atoms with van der Waals surface area (Å²) in [5.74, 6) is 0.918. The Morgan fingerprint density at radius 2 is 2.14 bits per heavy atom. The highest BCUT2D eigenvalue weighted by Crippen LogP contribution is 2.28. The second-order valence-electron chi connectivity index (χ2n) is 3.42. The first-order valence-corrected chi connectivity index (χ1v) is 5.14. The monoisotopic (exact) mass is 189 g/mol. The van der Waals surface area contributed by atoms with Gasteiger partial charge in [-0.1, -0.05) is 30.3 Å². The number of hydrogen-bond acceptors (Lipinski definition) is 2. The summed E-state index contributed by atoms with van der Waals surface area (Å²) in [5, 5.41) is 0. The van der Waals surface area contributed by atoms with Crippen LogP contribution in [0.25, 0.3) is 0 Å². The maximum atomic E-state index is 5.40. The van der Waals surface area contributed by atoms with Crippen LogP contribution in [0.3, 0.4) is 0 Å². The van der Waals surface area contributed by atoms with Crippen molar-refractivity contribution < 1.29 is 4.74 Å². The Bertz CT molecular complexity index is 318. The summed E-state index contributed by atoms with van der Waals surface area (Å²) in [6.07, 6.45) is 2.06. The van der Waals surface area contributed by atoms with Crippen molar-refractivity contribution in [1.82, 2.24) is 0 Å². The third-order valence-electron chi connectivity index (χ3n) is 2.43. The van der Waals surface area contributed by atoms with E-state index >= 15 is 0 Å². The fourth-order valence-electron chi connectivity index (χ4n) is 1.76. The molecule has 2 rings (SSSR count). The van der Waals surface area contributed by atoms with Crippen LogP contribution in [-0.4, -0.2) is 12.5 Å². The molecule has 1 unspecified atom stereocenters. The molecule has 14 heavy (non-hydrogen) atoms. The summed E-state index contributed by atoms with van der Waals surface area (Å²) in [5.41, 5.74) is 1.29. The molecule has 0 fully saturated rings. The Kier molecular flexibility index (Phi) is 2.82. The molecule has 0 saturated heterocycles. The molecular weight excluding hydrogens is 174 g/mol. The SMILES string of the molecule is CCOC1=NC(c2ccccc2)CC1. The summed E-state index contributed by atoms with van der Waals surface area (Å²) in [7, 11) is 0. The van der Waals surface area contributed by atoms with Crippen LogP contribution in [0.5, 0.6) is 0 Å². The quantitative estimate of drug-likeness (QED) is 0.701. The Morgan fingerprint density at radius 1 is 1.36 bits per heavy atom. The predicted octanol–water partition coefficient (Wildman–Crippen LogP) is 2.96. The van der Waals surface area contributed by atoms with Crippen molar-refractivity contribution in [3.63, 3.8) is 0 Å². The van der Waals surface area contributed by atoms with Crippen molar-refractivity contribution >= 4 is 5.90 Å². The molecule has 0 bridgehead atoms. The van der Waals surface area contributed by atoms with Crippen LogP contribution in [0, 0.1) is 0 Å². The van der Waals surface area contributed by atoms with Crippen molar-refractivity contribution in [1.29, 1.82) is 0 Å². The Hall–Kier alpha value is -1.31. The molecule has 1 aliphatic rings. The van der Waals surface area contributed by atoms with Crippen LogP contribution < -0.4 is 0 Å². The van der Waals surface area contributed by atoms with Gasteiger partial charge in [-0.25, -0.2) is 4.99 Å². The smallest absolute Gasteiger partial charge is 0.183 e. The van der Waals surface area contributed by atoms with E-state index in [1.807, 2.05) is 13.0 Å². The van der Waals surface area contributed by atoms with Gasteiger partial charge in [-0.05, 0) is 18.9 Å². The van der Waals surface area contributed by atoms with Gasteiger partial charge in [-0.3, -0.25) is 0 Å². The Balaban J connectivity index is 2.08. The molecular formula is C12H15NO. The summed E-state index contributed by atoms with van der Waals surface area (Å²) in [6.45, 7) is 2.72. The van der Waals surface area contributed by atoms with Crippen molar-refractivity contribution in [3.05, 3.63) is 35.9 Å². The van der Waals surface area contributed by atoms with Gasteiger partial charge in [0.2, 0.25) is 0 Å². The van der Waals surface area contributed by atoms with E-state index in [2.05, 4.69) is 29.3 Å². The molecule has 74 valence electrons. The zero-order valence-electron chi connectivity index (χ0n) is 8.44. The summed E-state index contributed by atoms with van der Waals surface area (Å²) in [6, 6.07) is 10.7. The molecule has 0 amide bonds. The zero-order valence-corrected chi connectivity index (χ0v) is 8.44. The van der Waals surface area contributed by atoms with E-state index < -0.39 is 0 Å². The Morgan fingerprint density at radius 3 is 2.86 bits per heavy atom. The molecule has 0 saturated carbocycles. The van der Waals surface area contributed by atoms with Gasteiger partial charge in [0.1, 0.15) is 0 Å². The first kappa shape index (κ1) is 9.25. The average Bonchev–Trinajstić information content (AvgIpc) is 2.68. The second kappa shape index (κ2) is 4.27. The van der Waals surface area contributed by atoms with Crippen molar-refractivity contribution in [2.24, 2.45) is 4.99 Å². The molecule has 0 N–H and O–H groups in total. The topological polar surface area (TPSA) is 21.6 Å². The maximum absolute atomic E-state index is 5.40. The third-order valence-corrected chi connectivity index (χ3v) is 2.43. The zero-order chi connectivity index (χ0) is 9.80. The van der Waals surface area contributed by atoms with Crippen LogP contribution >= 0.6 is 0 Å². The first-order chi connectivity index (χ1) is 6.90. The molecule has 2 heteroatoms. The van der Waals surface area contributed by atoms with Crippen LogP contribution in [0.2, 0.25) is 0 Å². The minimum Gasteiger partial charge on any atom is -0.481 e. The van der Waals surface area contributed by atoms with E-state index in [-0.39, 0.29) is 0 Å². The molecule has 2 nitrogen and oxygen atoms in total. The maximum Gasteiger partial charge on any atom is 0.183 e. The van der Waals surface area contributed by atoms with Gasteiger partial charge in [0.15, 0.2) is 5.90 Å². The molecule has 0 aliphatic carbocycles. The second-order valence-corrected chi connectivity index (χ2v) is 3.42. The Labute approximate surface area is 84.6 Å². The number of rotatable bonds is 2. The van der Waals surface area contributed by atoms with E-state index in [1.165, 1.54) is 5.56 Å². The highest BCUT2D eigenvalue weighted by molar-refractivity contribution is 5.78. The largest absolute Gasteiger partial charge is 0.481 e. The number of aliphatic imine (C=N–C) groups is 1. The summed E-state index contributed by atoms with van der Waals surface area (Å²) in [4.78, 5) is 4.54. The van der Waals surface area contributed by atoms with Crippen LogP contribution in [0.1, 0.15) is 31.4 Å². The molecule has 1 aromatic carbocycles. The predicted molar refractivity (Wildman–Crippen MR) is 57.5 cm³/mol. The fraction of sp³-hybridized carbons (Fsp3) is 0.417. The van der Waals surface area contributed by atoms with Gasteiger partial charge < -0.3 is 4.74 Å². The van der Waals surface area contributed by atoms with Crippen molar-refractivity contribution in [2.45, 2.75) is 25.8 Å².